The predicted octanol–water partition coefficient (Wildman–Crippen LogP) is 0.0784. The molecule has 2 atom stereocenters. The molecule has 1 rings (SSSR count). The summed E-state index contributed by atoms with van der Waals surface area (Å²) in [6.45, 7) is 1.23. The summed E-state index contributed by atoms with van der Waals surface area (Å²) >= 11 is 0. The summed E-state index contributed by atoms with van der Waals surface area (Å²) < 4.78 is 26.4. The molecule has 0 aromatic heterocycles. The maximum atomic E-state index is 12.2. The van der Waals surface area contributed by atoms with E-state index in [1.807, 2.05) is 0 Å². The van der Waals surface area contributed by atoms with Crippen LogP contribution >= 0.6 is 0 Å². The van der Waals surface area contributed by atoms with E-state index in [4.69, 9.17) is 0 Å². The number of amides is 1. The number of carbonyl (C=O) groups is 2. The predicted molar refractivity (Wildman–Crippen MR) is 81.8 cm³/mol. The molecule has 1 aromatic rings. The zero-order chi connectivity index (χ0) is 16.9. The first kappa shape index (κ1) is 18.1. The fourth-order valence-electron chi connectivity index (χ4n) is 1.83. The number of carboxylic acids is 1. The van der Waals surface area contributed by atoms with Crippen LogP contribution < -0.4 is 4.72 Å². The highest BCUT2D eigenvalue weighted by Crippen LogP contribution is 2.08. The number of aliphatic carboxylic acids is 1. The van der Waals surface area contributed by atoms with Gasteiger partial charge in [0, 0.05) is 14.1 Å². The number of carbonyl (C=O) groups excluding carboxylic acids is 1. The van der Waals surface area contributed by atoms with Crippen LogP contribution in [0.4, 0.5) is 0 Å². The van der Waals surface area contributed by atoms with E-state index in [2.05, 4.69) is 4.72 Å². The van der Waals surface area contributed by atoms with Gasteiger partial charge in [0.05, 0.1) is 0 Å². The number of benzene rings is 1. The third kappa shape index (κ3) is 4.81. The van der Waals surface area contributed by atoms with Crippen LogP contribution in [-0.2, 0) is 26.0 Å². The van der Waals surface area contributed by atoms with Crippen LogP contribution in [0, 0.1) is 0 Å². The lowest BCUT2D eigenvalue weighted by molar-refractivity contribution is -0.139. The Morgan fingerprint density at radius 1 is 1.23 bits per heavy atom. The van der Waals surface area contributed by atoms with Crippen molar-refractivity contribution in [1.82, 2.24) is 9.62 Å². The van der Waals surface area contributed by atoms with Crippen LogP contribution in [0.25, 0.3) is 0 Å². The maximum absolute atomic E-state index is 12.2. The van der Waals surface area contributed by atoms with E-state index in [9.17, 15) is 23.1 Å². The van der Waals surface area contributed by atoms with Crippen LogP contribution in [0.2, 0.25) is 0 Å². The lowest BCUT2D eigenvalue weighted by Gasteiger charge is -2.20. The molecular weight excluding hydrogens is 308 g/mol. The normalized spacial score (nSPS) is 14.1. The highest BCUT2D eigenvalue weighted by Gasteiger charge is 2.33. The molecule has 2 N–H and O–H groups in total. The van der Waals surface area contributed by atoms with Crippen molar-refractivity contribution >= 4 is 21.9 Å². The fourth-order valence-corrected chi connectivity index (χ4v) is 3.09. The molecule has 0 radical (unpaired) electrons. The average molecular weight is 328 g/mol. The molecule has 8 heteroatoms. The van der Waals surface area contributed by atoms with Gasteiger partial charge in [-0.2, -0.15) is 4.72 Å². The number of nitrogens with zero attached hydrogens (tertiary/aromatic N) is 1. The maximum Gasteiger partial charge on any atom is 0.322 e. The van der Waals surface area contributed by atoms with E-state index in [1.54, 1.807) is 30.3 Å². The van der Waals surface area contributed by atoms with Gasteiger partial charge in [0.1, 0.15) is 6.04 Å². The van der Waals surface area contributed by atoms with Crippen molar-refractivity contribution in [2.24, 2.45) is 0 Å². The van der Waals surface area contributed by atoms with Gasteiger partial charge < -0.3 is 10.0 Å². The SMILES string of the molecule is CC(C(=O)N(C)C)S(=O)(=O)N[C@H](Cc1ccccc1)C(=O)O. The number of hydrogen-bond acceptors (Lipinski definition) is 4. The molecule has 22 heavy (non-hydrogen) atoms. The van der Waals surface area contributed by atoms with E-state index >= 15 is 0 Å². The molecule has 0 bridgehead atoms. The Bertz CT molecular complexity index is 628. The summed E-state index contributed by atoms with van der Waals surface area (Å²) in [5.41, 5.74) is 0.684. The summed E-state index contributed by atoms with van der Waals surface area (Å²) in [6, 6.07) is 7.34. The Morgan fingerprint density at radius 2 is 1.77 bits per heavy atom. The molecule has 7 nitrogen and oxygen atoms in total. The van der Waals surface area contributed by atoms with Gasteiger partial charge in [-0.05, 0) is 18.9 Å². The minimum absolute atomic E-state index is 0.00171. The summed E-state index contributed by atoms with van der Waals surface area (Å²) in [7, 11) is -1.22. The topological polar surface area (TPSA) is 104 Å². The smallest absolute Gasteiger partial charge is 0.322 e. The molecule has 0 saturated heterocycles. The van der Waals surface area contributed by atoms with Crippen molar-refractivity contribution in [3.63, 3.8) is 0 Å². The van der Waals surface area contributed by atoms with E-state index < -0.39 is 33.2 Å². The molecule has 1 aromatic carbocycles. The Balaban J connectivity index is 2.91. The molecule has 1 amide bonds. The monoisotopic (exact) mass is 328 g/mol. The molecule has 0 heterocycles. The summed E-state index contributed by atoms with van der Waals surface area (Å²) in [5, 5.41) is 7.84. The standard InChI is InChI=1S/C14H20N2O5S/c1-10(13(17)16(2)3)22(20,21)15-12(14(18)19)9-11-7-5-4-6-8-11/h4-8,10,12,15H,9H2,1-3H3,(H,18,19)/t10?,12-/m1/s1. The van der Waals surface area contributed by atoms with Crippen LogP contribution in [0.1, 0.15) is 12.5 Å². The Labute approximate surface area is 130 Å². The number of carboxylic acid groups (broad SMARTS) is 1. The summed E-state index contributed by atoms with van der Waals surface area (Å²) in [4.78, 5) is 24.2. The van der Waals surface area contributed by atoms with Crippen molar-refractivity contribution in [3.05, 3.63) is 35.9 Å². The van der Waals surface area contributed by atoms with Crippen molar-refractivity contribution in [2.45, 2.75) is 24.6 Å². The van der Waals surface area contributed by atoms with Crippen LogP contribution in [0.5, 0.6) is 0 Å². The Hall–Kier alpha value is -1.93. The third-order valence-corrected chi connectivity index (χ3v) is 4.89. The minimum Gasteiger partial charge on any atom is -0.480 e. The zero-order valence-corrected chi connectivity index (χ0v) is 13.5. The van der Waals surface area contributed by atoms with Crippen LogP contribution in [-0.4, -0.2) is 55.7 Å². The van der Waals surface area contributed by atoms with Crippen molar-refractivity contribution in [3.8, 4) is 0 Å². The molecule has 122 valence electrons. The zero-order valence-electron chi connectivity index (χ0n) is 12.7. The number of rotatable bonds is 7. The fraction of sp³-hybridized carbons (Fsp3) is 0.429. The van der Waals surface area contributed by atoms with Crippen molar-refractivity contribution in [2.75, 3.05) is 14.1 Å². The first-order valence-electron chi connectivity index (χ1n) is 6.64. The first-order valence-corrected chi connectivity index (χ1v) is 8.19. The van der Waals surface area contributed by atoms with E-state index in [-0.39, 0.29) is 6.42 Å². The van der Waals surface area contributed by atoms with Crippen LogP contribution in [0.3, 0.4) is 0 Å². The van der Waals surface area contributed by atoms with Crippen LogP contribution in [0.15, 0.2) is 30.3 Å². The van der Waals surface area contributed by atoms with Gasteiger partial charge in [0.25, 0.3) is 0 Å². The van der Waals surface area contributed by atoms with Gasteiger partial charge in [0.15, 0.2) is 5.25 Å². The second-order valence-corrected chi connectivity index (χ2v) is 7.15. The van der Waals surface area contributed by atoms with Gasteiger partial charge in [-0.15, -0.1) is 0 Å². The third-order valence-electron chi connectivity index (χ3n) is 3.14. The molecule has 1 unspecified atom stereocenters. The molecule has 0 aliphatic heterocycles. The molecule has 0 spiro atoms. The summed E-state index contributed by atoms with van der Waals surface area (Å²) in [5.74, 6) is -1.91. The first-order chi connectivity index (χ1) is 10.1. The molecule has 0 fully saturated rings. The second kappa shape index (κ2) is 7.37. The largest absolute Gasteiger partial charge is 0.480 e. The highest BCUT2D eigenvalue weighted by molar-refractivity contribution is 7.90. The molecule has 0 saturated carbocycles. The molecular formula is C14H20N2O5S. The quantitative estimate of drug-likeness (QED) is 0.737. The summed E-state index contributed by atoms with van der Waals surface area (Å²) in [6.07, 6.45) is -0.00171. The second-order valence-electron chi connectivity index (χ2n) is 5.12. The highest BCUT2D eigenvalue weighted by atomic mass is 32.2. The number of sulfonamides is 1. The Morgan fingerprint density at radius 3 is 2.23 bits per heavy atom. The van der Waals surface area contributed by atoms with Crippen molar-refractivity contribution < 1.29 is 23.1 Å². The van der Waals surface area contributed by atoms with Gasteiger partial charge in [0.2, 0.25) is 15.9 Å². The number of nitrogens with one attached hydrogen (secondary N) is 1. The van der Waals surface area contributed by atoms with Gasteiger partial charge in [-0.3, -0.25) is 9.59 Å². The van der Waals surface area contributed by atoms with Gasteiger partial charge >= 0.3 is 5.97 Å². The van der Waals surface area contributed by atoms with E-state index in [0.29, 0.717) is 5.56 Å². The minimum atomic E-state index is -4.09. The molecule has 0 aliphatic rings. The average Bonchev–Trinajstić information content (AvgIpc) is 2.45. The molecule has 0 aliphatic carbocycles. The Kier molecular flexibility index (Phi) is 6.07. The number of hydrogen-bond donors (Lipinski definition) is 2. The van der Waals surface area contributed by atoms with E-state index in [1.165, 1.54) is 21.0 Å². The van der Waals surface area contributed by atoms with Crippen molar-refractivity contribution in [1.29, 1.82) is 0 Å². The lowest BCUT2D eigenvalue weighted by Crippen LogP contribution is -2.49. The lowest BCUT2D eigenvalue weighted by atomic mass is 10.1. The van der Waals surface area contributed by atoms with Gasteiger partial charge in [-0.25, -0.2) is 8.42 Å². The van der Waals surface area contributed by atoms with E-state index in [0.717, 1.165) is 4.90 Å². The van der Waals surface area contributed by atoms with Gasteiger partial charge in [-0.1, -0.05) is 30.3 Å².